The van der Waals surface area contributed by atoms with Crippen LogP contribution in [0.25, 0.3) is 0 Å². The number of hydrazine groups is 1. The number of hydrogen-bond donors (Lipinski definition) is 3. The third-order valence-electron chi connectivity index (χ3n) is 2.91. The highest BCUT2D eigenvalue weighted by molar-refractivity contribution is 5.82. The molecule has 0 fully saturated rings. The van der Waals surface area contributed by atoms with E-state index in [0.29, 0.717) is 0 Å². The van der Waals surface area contributed by atoms with Gasteiger partial charge in [0.25, 0.3) is 5.91 Å². The zero-order valence-corrected chi connectivity index (χ0v) is 10.9. The summed E-state index contributed by atoms with van der Waals surface area (Å²) in [7, 11) is 0. The second-order valence-corrected chi connectivity index (χ2v) is 5.31. The minimum absolute atomic E-state index is 0.0291. The van der Waals surface area contributed by atoms with Crippen molar-refractivity contribution in [1.29, 1.82) is 0 Å². The molecule has 0 bridgehead atoms. The first-order valence-corrected chi connectivity index (χ1v) is 5.64. The first kappa shape index (κ1) is 13.7. The van der Waals surface area contributed by atoms with E-state index in [9.17, 15) is 4.79 Å². The number of carbonyl (C=O) groups excluding carboxylic acids is 1. The van der Waals surface area contributed by atoms with E-state index < -0.39 is 6.04 Å². The van der Waals surface area contributed by atoms with E-state index in [1.165, 1.54) is 0 Å². The summed E-state index contributed by atoms with van der Waals surface area (Å²) in [5, 5.41) is 0. The summed E-state index contributed by atoms with van der Waals surface area (Å²) in [6.07, 6.45) is 0. The Hall–Kier alpha value is -1.39. The van der Waals surface area contributed by atoms with Crippen LogP contribution in [0.1, 0.15) is 43.5 Å². The molecule has 0 heterocycles. The molecule has 94 valence electrons. The molecular weight excluding hydrogens is 214 g/mol. The van der Waals surface area contributed by atoms with E-state index in [4.69, 9.17) is 11.6 Å². The van der Waals surface area contributed by atoms with Crippen LogP contribution < -0.4 is 17.0 Å². The highest BCUT2D eigenvalue weighted by Gasteiger charge is 2.20. The van der Waals surface area contributed by atoms with Gasteiger partial charge in [-0.1, -0.05) is 39.0 Å². The maximum absolute atomic E-state index is 11.5. The molecule has 0 aromatic heterocycles. The molecule has 1 unspecified atom stereocenters. The van der Waals surface area contributed by atoms with Crippen molar-refractivity contribution >= 4 is 5.91 Å². The smallest absolute Gasteiger partial charge is 0.255 e. The molecule has 0 saturated carbocycles. The quantitative estimate of drug-likeness (QED) is 0.410. The Morgan fingerprint density at radius 3 is 2.41 bits per heavy atom. The van der Waals surface area contributed by atoms with Crippen molar-refractivity contribution in [2.45, 2.75) is 39.2 Å². The summed E-state index contributed by atoms with van der Waals surface area (Å²) in [6.45, 7) is 8.30. The highest BCUT2D eigenvalue weighted by Crippen LogP contribution is 2.26. The van der Waals surface area contributed by atoms with Crippen LogP contribution in [0.3, 0.4) is 0 Å². The highest BCUT2D eigenvalue weighted by atomic mass is 16.2. The predicted molar refractivity (Wildman–Crippen MR) is 69.1 cm³/mol. The zero-order valence-electron chi connectivity index (χ0n) is 10.9. The Labute approximate surface area is 102 Å². The zero-order chi connectivity index (χ0) is 13.2. The molecule has 0 radical (unpaired) electrons. The van der Waals surface area contributed by atoms with Gasteiger partial charge in [0.05, 0.1) is 0 Å². The van der Waals surface area contributed by atoms with E-state index in [2.05, 4.69) is 32.3 Å². The minimum Gasteiger partial charge on any atom is -0.316 e. The molecule has 0 aliphatic carbocycles. The van der Waals surface area contributed by atoms with Crippen molar-refractivity contribution in [3.05, 3.63) is 34.9 Å². The Morgan fingerprint density at radius 2 is 1.94 bits per heavy atom. The van der Waals surface area contributed by atoms with E-state index in [1.807, 2.05) is 19.1 Å². The molecule has 0 aliphatic heterocycles. The van der Waals surface area contributed by atoms with Gasteiger partial charge in [-0.25, -0.2) is 5.84 Å². The Morgan fingerprint density at radius 1 is 1.35 bits per heavy atom. The van der Waals surface area contributed by atoms with Crippen molar-refractivity contribution in [2.75, 3.05) is 0 Å². The number of amides is 1. The molecule has 4 heteroatoms. The van der Waals surface area contributed by atoms with Gasteiger partial charge in [-0.2, -0.15) is 0 Å². The van der Waals surface area contributed by atoms with Gasteiger partial charge in [0.2, 0.25) is 0 Å². The largest absolute Gasteiger partial charge is 0.316 e. The van der Waals surface area contributed by atoms with Crippen molar-refractivity contribution in [2.24, 2.45) is 11.6 Å². The van der Waals surface area contributed by atoms with Crippen molar-refractivity contribution in [1.82, 2.24) is 5.43 Å². The van der Waals surface area contributed by atoms with Crippen LogP contribution >= 0.6 is 0 Å². The number of nitrogens with two attached hydrogens (primary N) is 2. The Kier molecular flexibility index (Phi) is 3.91. The first-order valence-electron chi connectivity index (χ1n) is 5.64. The van der Waals surface area contributed by atoms with Crippen LogP contribution in [-0.4, -0.2) is 5.91 Å². The number of aryl methyl sites for hydroxylation is 1. The average molecular weight is 235 g/mol. The monoisotopic (exact) mass is 235 g/mol. The lowest BCUT2D eigenvalue weighted by molar-refractivity contribution is -0.122. The van der Waals surface area contributed by atoms with Crippen LogP contribution in [0.2, 0.25) is 0 Å². The topological polar surface area (TPSA) is 81.1 Å². The third kappa shape index (κ3) is 3.05. The molecule has 0 aliphatic rings. The van der Waals surface area contributed by atoms with Gasteiger partial charge in [-0.15, -0.1) is 0 Å². The molecular formula is C13H21N3O. The van der Waals surface area contributed by atoms with Crippen molar-refractivity contribution in [3.63, 3.8) is 0 Å². The van der Waals surface area contributed by atoms with Gasteiger partial charge in [0.1, 0.15) is 6.04 Å². The van der Waals surface area contributed by atoms with Crippen LogP contribution in [0.15, 0.2) is 18.2 Å². The molecule has 1 rings (SSSR count). The molecule has 17 heavy (non-hydrogen) atoms. The fraction of sp³-hybridized carbons (Fsp3) is 0.462. The van der Waals surface area contributed by atoms with E-state index in [1.54, 1.807) is 0 Å². The van der Waals surface area contributed by atoms with E-state index in [-0.39, 0.29) is 11.3 Å². The summed E-state index contributed by atoms with van der Waals surface area (Å²) in [6, 6.07) is 5.31. The number of nitrogens with one attached hydrogen (secondary N) is 1. The third-order valence-corrected chi connectivity index (χ3v) is 2.91. The molecule has 1 aromatic carbocycles. The lowest BCUT2D eigenvalue weighted by Crippen LogP contribution is -2.38. The van der Waals surface area contributed by atoms with Gasteiger partial charge in [-0.05, 0) is 29.0 Å². The van der Waals surface area contributed by atoms with Gasteiger partial charge in [-0.3, -0.25) is 10.2 Å². The average Bonchev–Trinajstić information content (AvgIpc) is 2.26. The maximum Gasteiger partial charge on any atom is 0.255 e. The van der Waals surface area contributed by atoms with Gasteiger partial charge < -0.3 is 5.73 Å². The normalized spacial score (nSPS) is 13.3. The first-order chi connectivity index (χ1) is 7.77. The number of benzene rings is 1. The van der Waals surface area contributed by atoms with Crippen molar-refractivity contribution < 1.29 is 4.79 Å². The molecule has 4 nitrogen and oxygen atoms in total. The SMILES string of the molecule is Cc1ccc(C(C)(C)C)cc1C(N)C(=O)NN. The van der Waals surface area contributed by atoms with Gasteiger partial charge >= 0.3 is 0 Å². The summed E-state index contributed by atoms with van der Waals surface area (Å²) in [4.78, 5) is 11.5. The maximum atomic E-state index is 11.5. The summed E-state index contributed by atoms with van der Waals surface area (Å²) >= 11 is 0. The molecule has 0 spiro atoms. The number of rotatable bonds is 2. The fourth-order valence-corrected chi connectivity index (χ4v) is 1.67. The molecule has 1 aromatic rings. The van der Waals surface area contributed by atoms with Crippen LogP contribution in [0.4, 0.5) is 0 Å². The molecule has 1 atom stereocenters. The van der Waals surface area contributed by atoms with E-state index in [0.717, 1.165) is 16.7 Å². The fourth-order valence-electron chi connectivity index (χ4n) is 1.67. The standard InChI is InChI=1S/C13H21N3O/c1-8-5-6-9(13(2,3)4)7-10(8)11(14)12(17)16-15/h5-7,11H,14-15H2,1-4H3,(H,16,17). The lowest BCUT2D eigenvalue weighted by atomic mass is 9.84. The van der Waals surface area contributed by atoms with Gasteiger partial charge in [0.15, 0.2) is 0 Å². The Balaban J connectivity index is 3.20. The summed E-state index contributed by atoms with van der Waals surface area (Å²) < 4.78 is 0. The van der Waals surface area contributed by atoms with Crippen molar-refractivity contribution in [3.8, 4) is 0 Å². The van der Waals surface area contributed by atoms with E-state index >= 15 is 0 Å². The second-order valence-electron chi connectivity index (χ2n) is 5.31. The van der Waals surface area contributed by atoms with Crippen LogP contribution in [0.5, 0.6) is 0 Å². The summed E-state index contributed by atoms with van der Waals surface area (Å²) in [5.74, 6) is 4.73. The van der Waals surface area contributed by atoms with Crippen LogP contribution in [-0.2, 0) is 10.2 Å². The molecule has 1 amide bonds. The summed E-state index contributed by atoms with van der Waals surface area (Å²) in [5.41, 5.74) is 10.9. The van der Waals surface area contributed by atoms with Crippen LogP contribution in [0, 0.1) is 6.92 Å². The van der Waals surface area contributed by atoms with Gasteiger partial charge in [0, 0.05) is 0 Å². The number of carbonyl (C=O) groups is 1. The lowest BCUT2D eigenvalue weighted by Gasteiger charge is -2.22. The Bertz CT molecular complexity index is 421. The number of hydrogen-bond acceptors (Lipinski definition) is 3. The predicted octanol–water partition coefficient (Wildman–Crippen LogP) is 1.28. The molecule has 5 N–H and O–H groups in total. The second kappa shape index (κ2) is 4.85. The molecule has 0 saturated heterocycles. The minimum atomic E-state index is -0.720.